The molecule has 0 spiro atoms. The minimum absolute atomic E-state index is 0.168. The van der Waals surface area contributed by atoms with Crippen LogP contribution in [0.15, 0.2) is 24.3 Å². The lowest BCUT2D eigenvalue weighted by molar-refractivity contribution is 0.135. The van der Waals surface area contributed by atoms with E-state index < -0.39 is 0 Å². The summed E-state index contributed by atoms with van der Waals surface area (Å²) in [7, 11) is 2.01. The molecular formula is C15H20N2O. The summed E-state index contributed by atoms with van der Waals surface area (Å²) < 4.78 is 0. The van der Waals surface area contributed by atoms with Gasteiger partial charge >= 0.3 is 0 Å². The molecule has 0 saturated heterocycles. The van der Waals surface area contributed by atoms with E-state index >= 15 is 0 Å². The van der Waals surface area contributed by atoms with E-state index in [9.17, 15) is 5.11 Å². The van der Waals surface area contributed by atoms with Gasteiger partial charge in [0.1, 0.15) is 0 Å². The van der Waals surface area contributed by atoms with Gasteiger partial charge in [0, 0.05) is 12.7 Å². The SMILES string of the molecule is CN(c1cccc(C#N)c1)C1CCCCCC1O. The monoisotopic (exact) mass is 244 g/mol. The van der Waals surface area contributed by atoms with Gasteiger partial charge in [0.2, 0.25) is 0 Å². The fourth-order valence-electron chi connectivity index (χ4n) is 2.71. The van der Waals surface area contributed by atoms with Gasteiger partial charge in [-0.3, -0.25) is 0 Å². The molecule has 96 valence electrons. The summed E-state index contributed by atoms with van der Waals surface area (Å²) in [6.45, 7) is 0. The van der Waals surface area contributed by atoms with Crippen molar-refractivity contribution in [3.05, 3.63) is 29.8 Å². The van der Waals surface area contributed by atoms with Crippen LogP contribution in [0.25, 0.3) is 0 Å². The van der Waals surface area contributed by atoms with Crippen LogP contribution in [-0.2, 0) is 0 Å². The lowest BCUT2D eigenvalue weighted by Crippen LogP contribution is -2.40. The maximum atomic E-state index is 10.2. The molecule has 1 aliphatic carbocycles. The van der Waals surface area contributed by atoms with E-state index in [0.29, 0.717) is 5.56 Å². The molecule has 2 unspecified atom stereocenters. The van der Waals surface area contributed by atoms with Crippen molar-refractivity contribution in [2.75, 3.05) is 11.9 Å². The minimum atomic E-state index is -0.261. The van der Waals surface area contributed by atoms with Gasteiger partial charge in [-0.2, -0.15) is 5.26 Å². The number of hydrogen-bond donors (Lipinski definition) is 1. The highest BCUT2D eigenvalue weighted by atomic mass is 16.3. The van der Waals surface area contributed by atoms with E-state index in [1.807, 2.05) is 25.2 Å². The third kappa shape index (κ3) is 2.83. The molecule has 0 bridgehead atoms. The van der Waals surface area contributed by atoms with Crippen LogP contribution in [0, 0.1) is 11.3 Å². The Labute approximate surface area is 109 Å². The third-order valence-corrected chi connectivity index (χ3v) is 3.82. The van der Waals surface area contributed by atoms with Crippen molar-refractivity contribution >= 4 is 5.69 Å². The van der Waals surface area contributed by atoms with Crippen molar-refractivity contribution in [1.29, 1.82) is 5.26 Å². The van der Waals surface area contributed by atoms with Gasteiger partial charge < -0.3 is 10.0 Å². The molecule has 1 N–H and O–H groups in total. The second-order valence-electron chi connectivity index (χ2n) is 5.05. The average molecular weight is 244 g/mol. The summed E-state index contributed by atoms with van der Waals surface area (Å²) in [5, 5.41) is 19.1. The van der Waals surface area contributed by atoms with Gasteiger partial charge in [0.25, 0.3) is 0 Å². The Morgan fingerprint density at radius 2 is 2.06 bits per heavy atom. The Bertz CT molecular complexity index is 438. The molecule has 3 nitrogen and oxygen atoms in total. The number of nitriles is 1. The number of rotatable bonds is 2. The van der Waals surface area contributed by atoms with Crippen molar-refractivity contribution in [1.82, 2.24) is 0 Å². The van der Waals surface area contributed by atoms with E-state index in [4.69, 9.17) is 5.26 Å². The molecule has 1 aromatic carbocycles. The van der Waals surface area contributed by atoms with Crippen LogP contribution in [-0.4, -0.2) is 24.3 Å². The van der Waals surface area contributed by atoms with Gasteiger partial charge in [0.05, 0.1) is 23.8 Å². The van der Waals surface area contributed by atoms with Crippen LogP contribution >= 0.6 is 0 Å². The zero-order valence-corrected chi connectivity index (χ0v) is 10.8. The normalized spacial score (nSPS) is 24.1. The first kappa shape index (κ1) is 12.9. The van der Waals surface area contributed by atoms with E-state index in [1.54, 1.807) is 6.07 Å². The zero-order chi connectivity index (χ0) is 13.0. The van der Waals surface area contributed by atoms with E-state index in [1.165, 1.54) is 12.8 Å². The lowest BCUT2D eigenvalue weighted by atomic mass is 10.0. The zero-order valence-electron chi connectivity index (χ0n) is 10.8. The first-order valence-corrected chi connectivity index (χ1v) is 6.63. The number of aliphatic hydroxyl groups is 1. The number of nitrogens with zero attached hydrogens (tertiary/aromatic N) is 2. The van der Waals surface area contributed by atoms with Crippen molar-refractivity contribution in [2.45, 2.75) is 44.2 Å². The molecule has 18 heavy (non-hydrogen) atoms. The first-order chi connectivity index (χ1) is 8.72. The second kappa shape index (κ2) is 5.88. The van der Waals surface area contributed by atoms with Crippen LogP contribution < -0.4 is 4.90 Å². The third-order valence-electron chi connectivity index (χ3n) is 3.82. The average Bonchev–Trinajstić information content (AvgIpc) is 2.62. The molecule has 1 aliphatic rings. The Balaban J connectivity index is 2.18. The highest BCUT2D eigenvalue weighted by molar-refractivity contribution is 5.51. The number of hydrogen-bond acceptors (Lipinski definition) is 3. The Hall–Kier alpha value is -1.53. The molecule has 0 radical (unpaired) electrons. The van der Waals surface area contributed by atoms with Gasteiger partial charge in [0.15, 0.2) is 0 Å². The summed E-state index contributed by atoms with van der Waals surface area (Å²) >= 11 is 0. The van der Waals surface area contributed by atoms with Crippen LogP contribution in [0.3, 0.4) is 0 Å². The fourth-order valence-corrected chi connectivity index (χ4v) is 2.71. The molecule has 0 aliphatic heterocycles. The maximum absolute atomic E-state index is 10.2. The summed E-state index contributed by atoms with van der Waals surface area (Å²) in [5.41, 5.74) is 1.68. The van der Waals surface area contributed by atoms with Gasteiger partial charge in [-0.05, 0) is 31.0 Å². The summed E-state index contributed by atoms with van der Waals surface area (Å²) in [6.07, 6.45) is 5.14. The summed E-state index contributed by atoms with van der Waals surface area (Å²) in [4.78, 5) is 2.12. The molecular weight excluding hydrogens is 224 g/mol. The molecule has 0 aromatic heterocycles. The first-order valence-electron chi connectivity index (χ1n) is 6.63. The quantitative estimate of drug-likeness (QED) is 0.814. The maximum Gasteiger partial charge on any atom is 0.0992 e. The molecule has 2 rings (SSSR count). The molecule has 1 saturated carbocycles. The van der Waals surface area contributed by atoms with Crippen LogP contribution in [0.2, 0.25) is 0 Å². The summed E-state index contributed by atoms with van der Waals surface area (Å²) in [5.74, 6) is 0. The predicted molar refractivity (Wildman–Crippen MR) is 72.4 cm³/mol. The van der Waals surface area contributed by atoms with Crippen molar-refractivity contribution in [2.24, 2.45) is 0 Å². The molecule has 0 heterocycles. The Morgan fingerprint density at radius 1 is 1.28 bits per heavy atom. The smallest absolute Gasteiger partial charge is 0.0992 e. The number of benzene rings is 1. The van der Waals surface area contributed by atoms with Crippen molar-refractivity contribution in [3.8, 4) is 6.07 Å². The van der Waals surface area contributed by atoms with Crippen molar-refractivity contribution < 1.29 is 5.11 Å². The molecule has 1 fully saturated rings. The lowest BCUT2D eigenvalue weighted by Gasteiger charge is -2.32. The molecule has 0 amide bonds. The standard InChI is InChI=1S/C15H20N2O/c1-17(13-7-5-6-12(10-13)11-16)14-8-3-2-4-9-15(14)18/h5-7,10,14-15,18H,2-4,8-9H2,1H3. The minimum Gasteiger partial charge on any atom is -0.391 e. The number of aliphatic hydroxyl groups excluding tert-OH is 1. The Kier molecular flexibility index (Phi) is 4.22. The summed E-state index contributed by atoms with van der Waals surface area (Å²) in [6, 6.07) is 9.92. The fraction of sp³-hybridized carbons (Fsp3) is 0.533. The van der Waals surface area contributed by atoms with Gasteiger partial charge in [-0.15, -0.1) is 0 Å². The topological polar surface area (TPSA) is 47.3 Å². The number of likely N-dealkylation sites (N-methyl/N-ethyl adjacent to an activating group) is 1. The van der Waals surface area contributed by atoms with Crippen LogP contribution in [0.5, 0.6) is 0 Å². The second-order valence-corrected chi connectivity index (χ2v) is 5.05. The van der Waals surface area contributed by atoms with Crippen LogP contribution in [0.4, 0.5) is 5.69 Å². The molecule has 3 heteroatoms. The van der Waals surface area contributed by atoms with E-state index in [2.05, 4.69) is 11.0 Å². The molecule has 1 aromatic rings. The van der Waals surface area contributed by atoms with E-state index in [0.717, 1.165) is 24.9 Å². The number of anilines is 1. The Morgan fingerprint density at radius 3 is 2.83 bits per heavy atom. The predicted octanol–water partition coefficient (Wildman–Crippen LogP) is 2.69. The van der Waals surface area contributed by atoms with Crippen molar-refractivity contribution in [3.63, 3.8) is 0 Å². The molecule has 2 atom stereocenters. The highest BCUT2D eigenvalue weighted by Gasteiger charge is 2.25. The van der Waals surface area contributed by atoms with Gasteiger partial charge in [-0.25, -0.2) is 0 Å². The highest BCUT2D eigenvalue weighted by Crippen LogP contribution is 2.26. The van der Waals surface area contributed by atoms with Gasteiger partial charge in [-0.1, -0.05) is 25.3 Å². The van der Waals surface area contributed by atoms with Crippen LogP contribution in [0.1, 0.15) is 37.7 Å². The van der Waals surface area contributed by atoms with E-state index in [-0.39, 0.29) is 12.1 Å². The largest absolute Gasteiger partial charge is 0.391 e.